The van der Waals surface area contributed by atoms with Crippen molar-refractivity contribution in [3.05, 3.63) is 108 Å². The van der Waals surface area contributed by atoms with Crippen molar-refractivity contribution < 1.29 is 27.9 Å². The van der Waals surface area contributed by atoms with Gasteiger partial charge in [0.1, 0.15) is 24.4 Å². The molecule has 0 N–H and O–H groups in total. The first-order valence-electron chi connectivity index (χ1n) is 12.4. The van der Waals surface area contributed by atoms with E-state index in [1.54, 1.807) is 0 Å². The van der Waals surface area contributed by atoms with Crippen molar-refractivity contribution in [2.45, 2.75) is 56.3 Å². The number of ether oxygens (including phenoxy) is 5. The molecular weight excluding hydrogens is 476 g/mol. The van der Waals surface area contributed by atoms with Crippen LogP contribution in [0.3, 0.4) is 0 Å². The molecule has 0 saturated carbocycles. The maximum absolute atomic E-state index is 13.1. The molecule has 2 fully saturated rings. The maximum Gasteiger partial charge on any atom is 0.184 e. The molecule has 0 aromatic heterocycles. The van der Waals surface area contributed by atoms with Crippen molar-refractivity contribution >= 4 is 10.8 Å². The zero-order chi connectivity index (χ0) is 24.7. The molecule has 3 aromatic rings. The van der Waals surface area contributed by atoms with Crippen molar-refractivity contribution in [2.75, 3.05) is 12.4 Å². The summed E-state index contributed by atoms with van der Waals surface area (Å²) in [6.45, 7) is 2.94. The van der Waals surface area contributed by atoms with Gasteiger partial charge in [-0.25, -0.2) is 0 Å². The highest BCUT2D eigenvalue weighted by molar-refractivity contribution is 7.85. The molecule has 0 amide bonds. The fourth-order valence-electron chi connectivity index (χ4n) is 4.60. The first kappa shape index (κ1) is 25.3. The third kappa shape index (κ3) is 5.94. The van der Waals surface area contributed by atoms with E-state index in [-0.39, 0.29) is 0 Å². The van der Waals surface area contributed by atoms with Crippen molar-refractivity contribution in [2.24, 2.45) is 0 Å². The van der Waals surface area contributed by atoms with E-state index < -0.39 is 46.9 Å². The molecule has 7 heteroatoms. The van der Waals surface area contributed by atoms with E-state index in [1.165, 1.54) is 0 Å². The molecular formula is C29H32O6S. The maximum atomic E-state index is 13.1. The number of hydrogen-bond acceptors (Lipinski definition) is 6. The average Bonchev–Trinajstić information content (AvgIpc) is 2.95. The smallest absolute Gasteiger partial charge is 0.184 e. The third-order valence-electron chi connectivity index (χ3n) is 6.47. The van der Waals surface area contributed by atoms with E-state index in [0.717, 1.165) is 16.7 Å². The molecule has 36 heavy (non-hydrogen) atoms. The van der Waals surface area contributed by atoms with E-state index in [2.05, 4.69) is 0 Å². The summed E-state index contributed by atoms with van der Waals surface area (Å²) in [7, 11) is -1.27. The monoisotopic (exact) mass is 508 g/mol. The first-order chi connectivity index (χ1) is 17.7. The number of fused-ring (bicyclic) bond motifs is 1. The van der Waals surface area contributed by atoms with Gasteiger partial charge < -0.3 is 23.7 Å². The van der Waals surface area contributed by atoms with Crippen LogP contribution in [-0.4, -0.2) is 46.4 Å². The molecule has 3 aromatic carbocycles. The van der Waals surface area contributed by atoms with Crippen molar-refractivity contribution in [3.8, 4) is 0 Å². The van der Waals surface area contributed by atoms with Crippen LogP contribution in [0.2, 0.25) is 0 Å². The highest BCUT2D eigenvalue weighted by atomic mass is 32.2. The molecule has 6 nitrogen and oxygen atoms in total. The number of hydrogen-bond donors (Lipinski definition) is 0. The van der Waals surface area contributed by atoms with Gasteiger partial charge in [-0.15, -0.1) is 0 Å². The van der Waals surface area contributed by atoms with E-state index in [4.69, 9.17) is 23.7 Å². The minimum atomic E-state index is -1.27. The predicted molar refractivity (Wildman–Crippen MR) is 137 cm³/mol. The number of benzene rings is 3. The van der Waals surface area contributed by atoms with Gasteiger partial charge in [-0.3, -0.25) is 4.21 Å². The lowest BCUT2D eigenvalue weighted by Crippen LogP contribution is -2.64. The van der Waals surface area contributed by atoms with Crippen LogP contribution in [0.5, 0.6) is 0 Å². The molecule has 0 radical (unpaired) electrons. The molecule has 0 bridgehead atoms. The van der Waals surface area contributed by atoms with Crippen LogP contribution in [-0.2, 0) is 47.7 Å². The Hall–Kier alpha value is -2.39. The van der Waals surface area contributed by atoms with Crippen LogP contribution >= 0.6 is 0 Å². The summed E-state index contributed by atoms with van der Waals surface area (Å²) in [5, 5.41) is 0. The molecule has 5 rings (SSSR count). The Bertz CT molecular complexity index is 1100. The van der Waals surface area contributed by atoms with Gasteiger partial charge in [0.05, 0.1) is 30.6 Å². The molecule has 0 unspecified atom stereocenters. The molecule has 190 valence electrons. The molecule has 0 aliphatic carbocycles. The summed E-state index contributed by atoms with van der Waals surface area (Å²) in [6.07, 6.45) is -2.48. The summed E-state index contributed by atoms with van der Waals surface area (Å²) < 4.78 is 45.0. The minimum absolute atomic E-state index is 0.318. The largest absolute Gasteiger partial charge is 0.368 e. The molecule has 0 spiro atoms. The van der Waals surface area contributed by atoms with Crippen LogP contribution < -0.4 is 0 Å². The topological polar surface area (TPSA) is 63.2 Å². The molecule has 2 heterocycles. The van der Waals surface area contributed by atoms with Gasteiger partial charge >= 0.3 is 0 Å². The lowest BCUT2D eigenvalue weighted by molar-refractivity contribution is -0.330. The molecule has 2 aliphatic heterocycles. The zero-order valence-corrected chi connectivity index (χ0v) is 21.1. The van der Waals surface area contributed by atoms with E-state index in [0.29, 0.717) is 25.6 Å². The van der Waals surface area contributed by atoms with Crippen molar-refractivity contribution in [1.29, 1.82) is 0 Å². The van der Waals surface area contributed by atoms with Gasteiger partial charge in [-0.1, -0.05) is 97.9 Å². The van der Waals surface area contributed by atoms with Gasteiger partial charge in [0.15, 0.2) is 11.7 Å². The van der Waals surface area contributed by atoms with Crippen LogP contribution in [0.15, 0.2) is 91.0 Å². The molecule has 2 saturated heterocycles. The SMILES string of the molecule is CC[S@@](=O)[C@H]1O[C@@H]2CO[C@H](c3ccccc3)O[C@H]2[C@H](OCc2ccccc2)[C@H]1OCc1ccccc1. The zero-order valence-electron chi connectivity index (χ0n) is 20.3. The van der Waals surface area contributed by atoms with E-state index >= 15 is 0 Å². The second-order valence-corrected chi connectivity index (χ2v) is 10.7. The van der Waals surface area contributed by atoms with Gasteiger partial charge in [-0.05, 0) is 11.1 Å². The highest BCUT2D eigenvalue weighted by Gasteiger charge is 2.52. The summed E-state index contributed by atoms with van der Waals surface area (Å²) in [5.41, 5.74) is 2.35. The lowest BCUT2D eigenvalue weighted by Gasteiger charge is -2.49. The van der Waals surface area contributed by atoms with Crippen LogP contribution in [0.25, 0.3) is 0 Å². The Morgan fingerprint density at radius 1 is 0.778 bits per heavy atom. The minimum Gasteiger partial charge on any atom is -0.368 e. The Balaban J connectivity index is 1.43. The van der Waals surface area contributed by atoms with Gasteiger partial charge in [0.2, 0.25) is 0 Å². The fourth-order valence-corrected chi connectivity index (χ4v) is 5.73. The van der Waals surface area contributed by atoms with Gasteiger partial charge in [0, 0.05) is 11.3 Å². The quantitative estimate of drug-likeness (QED) is 0.415. The Labute approximate surface area is 214 Å². The second kappa shape index (κ2) is 12.2. The Morgan fingerprint density at radius 3 is 1.92 bits per heavy atom. The van der Waals surface area contributed by atoms with Gasteiger partial charge in [0.25, 0.3) is 0 Å². The fraction of sp³-hybridized carbons (Fsp3) is 0.379. The van der Waals surface area contributed by atoms with E-state index in [1.807, 2.05) is 97.9 Å². The Kier molecular flexibility index (Phi) is 8.59. The number of rotatable bonds is 9. The third-order valence-corrected chi connectivity index (χ3v) is 7.94. The summed E-state index contributed by atoms with van der Waals surface area (Å²) in [4.78, 5) is 0. The van der Waals surface area contributed by atoms with Crippen molar-refractivity contribution in [1.82, 2.24) is 0 Å². The van der Waals surface area contributed by atoms with E-state index in [9.17, 15) is 4.21 Å². The summed E-state index contributed by atoms with van der Waals surface area (Å²) in [5.74, 6) is 0.451. The van der Waals surface area contributed by atoms with Gasteiger partial charge in [-0.2, -0.15) is 0 Å². The lowest BCUT2D eigenvalue weighted by atomic mass is 9.98. The highest BCUT2D eigenvalue weighted by Crippen LogP contribution is 2.37. The predicted octanol–water partition coefficient (Wildman–Crippen LogP) is 4.76. The summed E-state index contributed by atoms with van der Waals surface area (Å²) >= 11 is 0. The standard InChI is InChI=1S/C29H32O6S/c1-2-36(30)29-27(32-19-22-14-8-4-9-15-22)26(31-18-21-12-6-3-7-13-21)25-24(34-29)20-33-28(35-25)23-16-10-5-11-17-23/h3-17,24-29H,2,18-20H2,1H3/t24-,25-,26+,27-,28+,29-,36-/m1/s1. The molecule has 2 aliphatic rings. The summed E-state index contributed by atoms with van der Waals surface area (Å²) in [6, 6.07) is 29.8. The molecule has 7 atom stereocenters. The van der Waals surface area contributed by atoms with Crippen LogP contribution in [0.4, 0.5) is 0 Å². The van der Waals surface area contributed by atoms with Crippen LogP contribution in [0.1, 0.15) is 29.9 Å². The first-order valence-corrected chi connectivity index (χ1v) is 13.8. The Morgan fingerprint density at radius 2 is 1.33 bits per heavy atom. The average molecular weight is 509 g/mol. The van der Waals surface area contributed by atoms with Crippen molar-refractivity contribution in [3.63, 3.8) is 0 Å². The van der Waals surface area contributed by atoms with Crippen LogP contribution in [0, 0.1) is 0 Å². The second-order valence-electron chi connectivity index (χ2n) is 8.91. The normalized spacial score (nSPS) is 28.8.